The highest BCUT2D eigenvalue weighted by atomic mass is 19.4. The van der Waals surface area contributed by atoms with E-state index in [2.05, 4.69) is 9.40 Å². The minimum atomic E-state index is -4.60. The van der Waals surface area contributed by atoms with Gasteiger partial charge in [-0.05, 0) is 18.2 Å². The lowest BCUT2D eigenvalue weighted by atomic mass is 10.2. The molecular formula is C9H5F3N2O3. The summed E-state index contributed by atoms with van der Waals surface area (Å²) >= 11 is 0. The van der Waals surface area contributed by atoms with Crippen molar-refractivity contribution in [3.63, 3.8) is 0 Å². The summed E-state index contributed by atoms with van der Waals surface area (Å²) in [5.41, 5.74) is -1.20. The number of H-pyrrole nitrogens is 1. The van der Waals surface area contributed by atoms with Gasteiger partial charge in [-0.1, -0.05) is 0 Å². The highest BCUT2D eigenvalue weighted by molar-refractivity contribution is 5.80. The second-order valence-corrected chi connectivity index (χ2v) is 3.19. The third kappa shape index (κ3) is 2.47. The summed E-state index contributed by atoms with van der Waals surface area (Å²) < 4.78 is 40.3. The molecule has 1 aromatic heterocycles. The molecule has 0 saturated carbocycles. The first-order valence-corrected chi connectivity index (χ1v) is 4.37. The Balaban J connectivity index is 2.58. The van der Waals surface area contributed by atoms with Gasteiger partial charge in [0.15, 0.2) is 0 Å². The van der Waals surface area contributed by atoms with Crippen LogP contribution >= 0.6 is 0 Å². The van der Waals surface area contributed by atoms with Crippen molar-refractivity contribution in [2.45, 2.75) is 6.30 Å². The lowest BCUT2D eigenvalue weighted by Gasteiger charge is -2.09. The molecule has 2 aromatic rings. The summed E-state index contributed by atoms with van der Waals surface area (Å²) in [5.74, 6) is -0.959. The number of aromatic amines is 1. The molecule has 0 aliphatic heterocycles. The number of halogens is 3. The molecule has 17 heavy (non-hydrogen) atoms. The van der Waals surface area contributed by atoms with Crippen LogP contribution in [0.4, 0.5) is 18.9 Å². The van der Waals surface area contributed by atoms with E-state index in [9.17, 15) is 22.8 Å². The lowest BCUT2D eigenvalue weighted by molar-refractivity contribution is -0.0999. The Hall–Kier alpha value is -2.25. The van der Waals surface area contributed by atoms with Crippen LogP contribution in [0.5, 0.6) is 0 Å². The fraction of sp³-hybridized carbons (Fsp3) is 0.111. The highest BCUT2D eigenvalue weighted by Crippen LogP contribution is 2.21. The molecule has 1 heterocycles. The van der Waals surface area contributed by atoms with E-state index in [1.807, 2.05) is 0 Å². The first kappa shape index (κ1) is 11.2. The average Bonchev–Trinajstić information content (AvgIpc) is 2.16. The second kappa shape index (κ2) is 3.65. The number of nitrogens with one attached hydrogen (secondary N) is 2. The summed E-state index contributed by atoms with van der Waals surface area (Å²) in [6.07, 6.45) is -4.60. The van der Waals surface area contributed by atoms with E-state index in [0.29, 0.717) is 0 Å². The molecule has 0 spiro atoms. The van der Waals surface area contributed by atoms with Gasteiger partial charge in [0.05, 0.1) is 10.9 Å². The molecule has 2 rings (SSSR count). The molecule has 2 N–H and O–H groups in total. The smallest absolute Gasteiger partial charge is 0.372 e. The topological polar surface area (TPSA) is 75.1 Å². The molecule has 0 amide bonds. The van der Waals surface area contributed by atoms with Crippen LogP contribution in [-0.4, -0.2) is 11.3 Å². The monoisotopic (exact) mass is 246 g/mol. The quantitative estimate of drug-likeness (QED) is 0.746. The van der Waals surface area contributed by atoms with E-state index in [4.69, 9.17) is 0 Å². The van der Waals surface area contributed by atoms with Gasteiger partial charge in [0, 0.05) is 5.69 Å². The first-order chi connectivity index (χ1) is 7.85. The van der Waals surface area contributed by atoms with Crippen LogP contribution < -0.4 is 16.7 Å². The van der Waals surface area contributed by atoms with Gasteiger partial charge < -0.3 is 4.42 Å². The SMILES string of the molecule is O=c1[nH]c2ccc(NC(F)(F)F)cc2c(=O)o1. The maximum Gasteiger partial charge on any atom is 0.482 e. The Morgan fingerprint density at radius 1 is 1.24 bits per heavy atom. The predicted molar refractivity (Wildman–Crippen MR) is 52.8 cm³/mol. The number of hydrogen-bond donors (Lipinski definition) is 2. The zero-order valence-corrected chi connectivity index (χ0v) is 8.09. The highest BCUT2D eigenvalue weighted by Gasteiger charge is 2.27. The molecular weight excluding hydrogens is 241 g/mol. The van der Waals surface area contributed by atoms with Gasteiger partial charge in [0.25, 0.3) is 0 Å². The second-order valence-electron chi connectivity index (χ2n) is 3.19. The zero-order chi connectivity index (χ0) is 12.6. The Labute approximate surface area is 90.9 Å². The van der Waals surface area contributed by atoms with Gasteiger partial charge in [-0.15, -0.1) is 0 Å². The fourth-order valence-electron chi connectivity index (χ4n) is 1.34. The van der Waals surface area contributed by atoms with Gasteiger partial charge >= 0.3 is 17.7 Å². The Bertz CT molecular complexity index is 671. The van der Waals surface area contributed by atoms with Crippen molar-refractivity contribution in [2.24, 2.45) is 0 Å². The summed E-state index contributed by atoms with van der Waals surface area (Å²) in [6, 6.07) is 3.22. The normalized spacial score (nSPS) is 11.7. The van der Waals surface area contributed by atoms with Crippen molar-refractivity contribution in [1.82, 2.24) is 4.98 Å². The first-order valence-electron chi connectivity index (χ1n) is 4.37. The number of hydrogen-bond acceptors (Lipinski definition) is 4. The number of benzene rings is 1. The summed E-state index contributed by atoms with van der Waals surface area (Å²) in [6.45, 7) is 0. The van der Waals surface area contributed by atoms with Gasteiger partial charge in [0.1, 0.15) is 0 Å². The van der Waals surface area contributed by atoms with E-state index in [-0.39, 0.29) is 16.6 Å². The third-order valence-corrected chi connectivity index (χ3v) is 1.95. The number of alkyl halides is 3. The van der Waals surface area contributed by atoms with Gasteiger partial charge in [-0.2, -0.15) is 13.2 Å². The zero-order valence-electron chi connectivity index (χ0n) is 8.09. The summed E-state index contributed by atoms with van der Waals surface area (Å²) in [4.78, 5) is 24.2. The van der Waals surface area contributed by atoms with Gasteiger partial charge in [-0.25, -0.2) is 9.59 Å². The molecule has 0 aliphatic rings. The average molecular weight is 246 g/mol. The molecule has 1 aromatic carbocycles. The molecule has 0 aliphatic carbocycles. The summed E-state index contributed by atoms with van der Waals surface area (Å²) in [7, 11) is 0. The van der Waals surface area contributed by atoms with Crippen LogP contribution in [0.25, 0.3) is 10.9 Å². The number of rotatable bonds is 1. The van der Waals surface area contributed by atoms with Crippen LogP contribution in [0, 0.1) is 0 Å². The molecule has 0 bridgehead atoms. The summed E-state index contributed by atoms with van der Waals surface area (Å²) in [5, 5.41) is 1.10. The fourth-order valence-corrected chi connectivity index (χ4v) is 1.34. The van der Waals surface area contributed by atoms with Crippen LogP contribution in [0.3, 0.4) is 0 Å². The van der Waals surface area contributed by atoms with Crippen LogP contribution in [0.2, 0.25) is 0 Å². The Morgan fingerprint density at radius 2 is 1.94 bits per heavy atom. The largest absolute Gasteiger partial charge is 0.482 e. The lowest BCUT2D eigenvalue weighted by Crippen LogP contribution is -2.21. The Morgan fingerprint density at radius 3 is 2.59 bits per heavy atom. The molecule has 8 heteroatoms. The molecule has 0 radical (unpaired) electrons. The van der Waals surface area contributed by atoms with E-state index in [0.717, 1.165) is 12.1 Å². The van der Waals surface area contributed by atoms with Gasteiger partial charge in [0.2, 0.25) is 0 Å². The molecule has 0 fully saturated rings. The molecule has 0 unspecified atom stereocenters. The van der Waals surface area contributed by atoms with Crippen molar-refractivity contribution in [2.75, 3.05) is 5.32 Å². The standard InChI is InChI=1S/C9H5F3N2O3/c10-9(11,12)14-4-1-2-6-5(3-4)7(15)17-8(16)13-6/h1-3,14H,(H,13,16). The number of anilines is 1. The molecule has 5 nitrogen and oxygen atoms in total. The number of aromatic nitrogens is 1. The van der Waals surface area contributed by atoms with E-state index in [1.165, 1.54) is 11.4 Å². The predicted octanol–water partition coefficient (Wildman–Crippen LogP) is 1.41. The van der Waals surface area contributed by atoms with Crippen LogP contribution in [0.1, 0.15) is 0 Å². The Kier molecular flexibility index (Phi) is 2.41. The maximum atomic E-state index is 12.0. The van der Waals surface area contributed by atoms with Crippen molar-refractivity contribution in [3.8, 4) is 0 Å². The van der Waals surface area contributed by atoms with E-state index >= 15 is 0 Å². The van der Waals surface area contributed by atoms with Crippen molar-refractivity contribution < 1.29 is 17.6 Å². The van der Waals surface area contributed by atoms with E-state index < -0.39 is 17.7 Å². The number of fused-ring (bicyclic) bond motifs is 1. The maximum absolute atomic E-state index is 12.0. The molecule has 0 saturated heterocycles. The third-order valence-electron chi connectivity index (χ3n) is 1.95. The molecule has 90 valence electrons. The van der Waals surface area contributed by atoms with E-state index in [1.54, 1.807) is 0 Å². The molecule has 0 atom stereocenters. The van der Waals surface area contributed by atoms with Crippen LogP contribution in [-0.2, 0) is 0 Å². The minimum Gasteiger partial charge on any atom is -0.372 e. The van der Waals surface area contributed by atoms with Gasteiger partial charge in [-0.3, -0.25) is 10.3 Å². The van der Waals surface area contributed by atoms with Crippen LogP contribution in [0.15, 0.2) is 32.2 Å². The minimum absolute atomic E-state index is 0.110. The van der Waals surface area contributed by atoms with Crippen molar-refractivity contribution in [3.05, 3.63) is 39.2 Å². The van der Waals surface area contributed by atoms with Crippen molar-refractivity contribution >= 4 is 16.6 Å². The van der Waals surface area contributed by atoms with Crippen molar-refractivity contribution in [1.29, 1.82) is 0 Å².